The number of sulfonamides is 1. The first-order chi connectivity index (χ1) is 17.3. The molecule has 0 aliphatic rings. The molecule has 3 aromatic carbocycles. The van der Waals surface area contributed by atoms with Gasteiger partial charge in [-0.1, -0.05) is 53.5 Å². The Morgan fingerprint density at radius 3 is 2.50 bits per heavy atom. The Hall–Kier alpha value is -3.53. The van der Waals surface area contributed by atoms with E-state index in [4.69, 9.17) is 28.2 Å². The van der Waals surface area contributed by atoms with Crippen LogP contribution in [0.25, 0.3) is 16.9 Å². The molecule has 2 N–H and O–H groups in total. The lowest BCUT2D eigenvalue weighted by Gasteiger charge is -2.13. The average Bonchev–Trinajstić information content (AvgIpc) is 3.24. The van der Waals surface area contributed by atoms with Gasteiger partial charge in [-0.25, -0.2) is 13.4 Å². The van der Waals surface area contributed by atoms with Crippen molar-refractivity contribution in [2.24, 2.45) is 0 Å². The van der Waals surface area contributed by atoms with E-state index in [0.717, 1.165) is 33.7 Å². The summed E-state index contributed by atoms with van der Waals surface area (Å²) in [5.41, 5.74) is 4.54. The first-order valence-electron chi connectivity index (χ1n) is 11.0. The van der Waals surface area contributed by atoms with Gasteiger partial charge in [0.05, 0.1) is 10.6 Å². The maximum absolute atomic E-state index is 12.8. The van der Waals surface area contributed by atoms with E-state index in [2.05, 4.69) is 15.1 Å². The van der Waals surface area contributed by atoms with E-state index in [1.54, 1.807) is 41.0 Å². The van der Waals surface area contributed by atoms with Gasteiger partial charge in [0.15, 0.2) is 5.65 Å². The van der Waals surface area contributed by atoms with E-state index in [-0.39, 0.29) is 4.90 Å². The number of anilines is 2. The van der Waals surface area contributed by atoms with Crippen molar-refractivity contribution >= 4 is 63.7 Å². The third-order valence-electron chi connectivity index (χ3n) is 5.57. The molecule has 0 radical (unpaired) electrons. The maximum Gasteiger partial charge on any atom is 0.261 e. The molecule has 0 aliphatic carbocycles. The molecular weight excluding hydrogens is 516 g/mol. The first kappa shape index (κ1) is 24.2. The molecule has 0 saturated carbocycles. The number of hydrogen-bond acceptors (Lipinski definition) is 5. The molecule has 0 saturated heterocycles. The Morgan fingerprint density at radius 2 is 1.72 bits per heavy atom. The third-order valence-corrected chi connectivity index (χ3v) is 7.55. The standard InChI is InChI=1S/C25H20BCl2N5O2S/c26-21-15-30-33-24(13-23(31-25(21)33)20-6-1-2-7-22(20)28)29-14-16-4-3-5-18(12-16)32-36(34,35)19-10-8-17(27)9-11-19/h1-13,15,29,32H,14,26H2. The summed E-state index contributed by atoms with van der Waals surface area (Å²) in [5.74, 6) is 0.732. The molecule has 2 heterocycles. The summed E-state index contributed by atoms with van der Waals surface area (Å²) in [6.07, 6.45) is 1.76. The molecule has 0 aliphatic heterocycles. The Bertz CT molecular complexity index is 1670. The van der Waals surface area contributed by atoms with Gasteiger partial charge in [0.2, 0.25) is 0 Å². The van der Waals surface area contributed by atoms with Crippen LogP contribution >= 0.6 is 23.2 Å². The minimum Gasteiger partial charge on any atom is -0.366 e. The largest absolute Gasteiger partial charge is 0.366 e. The lowest BCUT2D eigenvalue weighted by atomic mass is 10.0. The van der Waals surface area contributed by atoms with Gasteiger partial charge in [-0.2, -0.15) is 9.61 Å². The number of nitrogens with zero attached hydrogens (tertiary/aromatic N) is 3. The molecule has 7 nitrogen and oxygen atoms in total. The SMILES string of the molecule is Bc1cnn2c(NCc3cccc(NS(=O)(=O)c4ccc(Cl)cc4)c3)cc(-c3ccccc3Cl)nc12. The van der Waals surface area contributed by atoms with Gasteiger partial charge in [0.1, 0.15) is 13.7 Å². The normalized spacial score (nSPS) is 11.5. The summed E-state index contributed by atoms with van der Waals surface area (Å²) < 4.78 is 29.9. The highest BCUT2D eigenvalue weighted by Crippen LogP contribution is 2.28. The zero-order valence-electron chi connectivity index (χ0n) is 19.1. The summed E-state index contributed by atoms with van der Waals surface area (Å²) >= 11 is 12.3. The molecule has 0 atom stereocenters. The molecule has 0 fully saturated rings. The number of hydrogen-bond donors (Lipinski definition) is 2. The number of halogens is 2. The van der Waals surface area contributed by atoms with Crippen LogP contribution in [0.2, 0.25) is 10.0 Å². The van der Waals surface area contributed by atoms with E-state index in [1.165, 1.54) is 12.1 Å². The van der Waals surface area contributed by atoms with Crippen LogP contribution in [0.3, 0.4) is 0 Å². The summed E-state index contributed by atoms with van der Waals surface area (Å²) in [6, 6.07) is 22.6. The van der Waals surface area contributed by atoms with E-state index < -0.39 is 10.0 Å². The summed E-state index contributed by atoms with van der Waals surface area (Å²) in [7, 11) is -1.79. The van der Waals surface area contributed by atoms with Crippen molar-refractivity contribution in [2.45, 2.75) is 11.4 Å². The van der Waals surface area contributed by atoms with Crippen molar-refractivity contribution in [1.29, 1.82) is 0 Å². The lowest BCUT2D eigenvalue weighted by molar-refractivity contribution is 0.601. The number of benzene rings is 3. The van der Waals surface area contributed by atoms with Crippen LogP contribution in [0.4, 0.5) is 11.5 Å². The molecule has 0 amide bonds. The Labute approximate surface area is 219 Å². The lowest BCUT2D eigenvalue weighted by Crippen LogP contribution is -2.13. The van der Waals surface area contributed by atoms with E-state index >= 15 is 0 Å². The molecule has 11 heteroatoms. The summed E-state index contributed by atoms with van der Waals surface area (Å²) in [6.45, 7) is 0.427. The topological polar surface area (TPSA) is 88.4 Å². The van der Waals surface area contributed by atoms with Gasteiger partial charge in [0.25, 0.3) is 10.0 Å². The van der Waals surface area contributed by atoms with Gasteiger partial charge in [-0.3, -0.25) is 4.72 Å². The fourth-order valence-electron chi connectivity index (χ4n) is 3.77. The van der Waals surface area contributed by atoms with Crippen molar-refractivity contribution in [1.82, 2.24) is 14.6 Å². The highest BCUT2D eigenvalue weighted by atomic mass is 35.5. The molecule has 2 aromatic heterocycles. The van der Waals surface area contributed by atoms with Crippen molar-refractivity contribution in [3.05, 3.63) is 101 Å². The molecular formula is C25H20BCl2N5O2S. The van der Waals surface area contributed by atoms with Crippen LogP contribution < -0.4 is 15.5 Å². The molecule has 0 bridgehead atoms. The Morgan fingerprint density at radius 1 is 0.944 bits per heavy atom. The van der Waals surface area contributed by atoms with Gasteiger partial charge in [-0.15, -0.1) is 0 Å². The zero-order valence-corrected chi connectivity index (χ0v) is 21.4. The van der Waals surface area contributed by atoms with Crippen LogP contribution in [-0.4, -0.2) is 30.9 Å². The highest BCUT2D eigenvalue weighted by Gasteiger charge is 2.15. The Balaban J connectivity index is 1.40. The second kappa shape index (κ2) is 9.85. The fraction of sp³-hybridized carbons (Fsp3) is 0.0400. The summed E-state index contributed by atoms with van der Waals surface area (Å²) in [4.78, 5) is 4.90. The quantitative estimate of drug-likeness (QED) is 0.302. The Kier molecular flexibility index (Phi) is 6.62. The van der Waals surface area contributed by atoms with E-state index in [0.29, 0.717) is 22.3 Å². The van der Waals surface area contributed by atoms with Crippen molar-refractivity contribution < 1.29 is 8.42 Å². The van der Waals surface area contributed by atoms with Crippen molar-refractivity contribution in [3.8, 4) is 11.3 Å². The van der Waals surface area contributed by atoms with Crippen LogP contribution in [0.5, 0.6) is 0 Å². The maximum atomic E-state index is 12.8. The molecule has 180 valence electrons. The van der Waals surface area contributed by atoms with Crippen LogP contribution in [0.15, 0.2) is 90.0 Å². The molecule has 36 heavy (non-hydrogen) atoms. The second-order valence-electron chi connectivity index (χ2n) is 8.18. The number of rotatable bonds is 7. The highest BCUT2D eigenvalue weighted by molar-refractivity contribution is 7.92. The van der Waals surface area contributed by atoms with Gasteiger partial charge in [-0.05, 0) is 53.5 Å². The molecule has 5 aromatic rings. The first-order valence-corrected chi connectivity index (χ1v) is 13.3. The predicted octanol–water partition coefficient (Wildman–Crippen LogP) is 4.37. The zero-order chi connectivity index (χ0) is 25.3. The molecule has 5 rings (SSSR count). The van der Waals surface area contributed by atoms with E-state index in [1.807, 2.05) is 44.2 Å². The van der Waals surface area contributed by atoms with Crippen LogP contribution in [0.1, 0.15) is 5.56 Å². The van der Waals surface area contributed by atoms with E-state index in [9.17, 15) is 8.42 Å². The number of fused-ring (bicyclic) bond motifs is 1. The van der Waals surface area contributed by atoms with Crippen LogP contribution in [-0.2, 0) is 16.6 Å². The van der Waals surface area contributed by atoms with Gasteiger partial charge >= 0.3 is 0 Å². The minimum atomic E-state index is -3.74. The number of nitrogens with one attached hydrogen (secondary N) is 2. The van der Waals surface area contributed by atoms with Crippen molar-refractivity contribution in [2.75, 3.05) is 10.0 Å². The average molecular weight is 536 g/mol. The third kappa shape index (κ3) is 5.04. The molecule has 0 unspecified atom stereocenters. The monoisotopic (exact) mass is 535 g/mol. The van der Waals surface area contributed by atoms with Crippen molar-refractivity contribution in [3.63, 3.8) is 0 Å². The van der Waals surface area contributed by atoms with Gasteiger partial charge in [0, 0.05) is 40.1 Å². The van der Waals surface area contributed by atoms with Gasteiger partial charge < -0.3 is 5.32 Å². The second-order valence-corrected chi connectivity index (χ2v) is 10.7. The fourth-order valence-corrected chi connectivity index (χ4v) is 5.18. The van der Waals surface area contributed by atoms with Crippen LogP contribution in [0, 0.1) is 0 Å². The predicted molar refractivity (Wildman–Crippen MR) is 148 cm³/mol. The number of aromatic nitrogens is 3. The smallest absolute Gasteiger partial charge is 0.261 e. The minimum absolute atomic E-state index is 0.135. The molecule has 0 spiro atoms. The summed E-state index contributed by atoms with van der Waals surface area (Å²) in [5, 5.41) is 8.93.